The maximum atomic E-state index is 5.50. The van der Waals surface area contributed by atoms with Crippen molar-refractivity contribution in [3.05, 3.63) is 23.8 Å². The molecule has 1 rings (SSSR count). The number of thioether (sulfide) groups is 1. The van der Waals surface area contributed by atoms with Gasteiger partial charge in [-0.2, -0.15) is 11.8 Å². The van der Waals surface area contributed by atoms with Crippen molar-refractivity contribution in [1.29, 1.82) is 0 Å². The number of methoxy groups -OCH3 is 2. The zero-order valence-electron chi connectivity index (χ0n) is 13.2. The fourth-order valence-corrected chi connectivity index (χ4v) is 3.05. The Labute approximate surface area is 127 Å². The van der Waals surface area contributed by atoms with Crippen LogP contribution in [0.5, 0.6) is 11.5 Å². The maximum Gasteiger partial charge on any atom is 0.123 e. The smallest absolute Gasteiger partial charge is 0.123 e. The Morgan fingerprint density at radius 1 is 1.20 bits per heavy atom. The summed E-state index contributed by atoms with van der Waals surface area (Å²) < 4.78 is 10.8. The van der Waals surface area contributed by atoms with Crippen LogP contribution in [0.15, 0.2) is 18.2 Å². The summed E-state index contributed by atoms with van der Waals surface area (Å²) in [6.45, 7) is 7.57. The lowest BCUT2D eigenvalue weighted by Crippen LogP contribution is -2.24. The van der Waals surface area contributed by atoms with Gasteiger partial charge >= 0.3 is 0 Å². The minimum Gasteiger partial charge on any atom is -0.497 e. The molecule has 0 radical (unpaired) electrons. The molecule has 2 atom stereocenters. The van der Waals surface area contributed by atoms with Crippen LogP contribution in [0.1, 0.15) is 38.8 Å². The van der Waals surface area contributed by atoms with E-state index in [1.807, 2.05) is 23.9 Å². The molecular formula is C16H27NO2S. The van der Waals surface area contributed by atoms with Gasteiger partial charge in [0.2, 0.25) is 0 Å². The molecular weight excluding hydrogens is 270 g/mol. The summed E-state index contributed by atoms with van der Waals surface area (Å²) in [5.41, 5.74) is 1.17. The molecule has 0 saturated carbocycles. The van der Waals surface area contributed by atoms with Crippen molar-refractivity contribution in [3.63, 3.8) is 0 Å². The van der Waals surface area contributed by atoms with Crippen molar-refractivity contribution in [3.8, 4) is 11.5 Å². The maximum absolute atomic E-state index is 5.50. The Morgan fingerprint density at radius 2 is 1.95 bits per heavy atom. The second-order valence-corrected chi connectivity index (χ2v) is 6.24. The highest BCUT2D eigenvalue weighted by Crippen LogP contribution is 2.32. The Hall–Kier alpha value is -0.870. The van der Waals surface area contributed by atoms with Crippen LogP contribution in [0.4, 0.5) is 0 Å². The number of ether oxygens (including phenoxy) is 2. The number of hydrogen-bond donors (Lipinski definition) is 1. The van der Waals surface area contributed by atoms with E-state index in [1.165, 1.54) is 12.0 Å². The molecule has 0 saturated heterocycles. The standard InChI is InChI=1S/C16H27NO2S/c1-6-12(3)20-11-15(17-7-2)14-10-13(18-4)8-9-16(14)19-5/h8-10,12,15,17H,6-7,11H2,1-5H3. The van der Waals surface area contributed by atoms with Gasteiger partial charge in [0, 0.05) is 22.6 Å². The van der Waals surface area contributed by atoms with E-state index in [-0.39, 0.29) is 6.04 Å². The molecule has 0 heterocycles. The van der Waals surface area contributed by atoms with E-state index in [2.05, 4.69) is 32.2 Å². The minimum atomic E-state index is 0.282. The van der Waals surface area contributed by atoms with Crippen LogP contribution in [0.2, 0.25) is 0 Å². The molecule has 0 aromatic heterocycles. The summed E-state index contributed by atoms with van der Waals surface area (Å²) in [4.78, 5) is 0. The summed E-state index contributed by atoms with van der Waals surface area (Å²) in [7, 11) is 3.41. The van der Waals surface area contributed by atoms with Crippen molar-refractivity contribution in [2.75, 3.05) is 26.5 Å². The van der Waals surface area contributed by atoms with E-state index in [4.69, 9.17) is 9.47 Å². The third-order valence-corrected chi connectivity index (χ3v) is 4.81. The van der Waals surface area contributed by atoms with Gasteiger partial charge in [-0.15, -0.1) is 0 Å². The highest BCUT2D eigenvalue weighted by Gasteiger charge is 2.17. The third kappa shape index (κ3) is 4.91. The molecule has 4 heteroatoms. The van der Waals surface area contributed by atoms with Crippen LogP contribution in [0.3, 0.4) is 0 Å². The van der Waals surface area contributed by atoms with Crippen LogP contribution in [-0.4, -0.2) is 31.8 Å². The SMILES string of the molecule is CCNC(CSC(C)CC)c1cc(OC)ccc1OC. The Bertz CT molecular complexity index is 398. The van der Waals surface area contributed by atoms with Gasteiger partial charge in [0.25, 0.3) is 0 Å². The topological polar surface area (TPSA) is 30.5 Å². The Morgan fingerprint density at radius 3 is 2.50 bits per heavy atom. The molecule has 114 valence electrons. The lowest BCUT2D eigenvalue weighted by molar-refractivity contribution is 0.393. The molecule has 3 nitrogen and oxygen atoms in total. The predicted octanol–water partition coefficient (Wildman–Crippen LogP) is 3.89. The lowest BCUT2D eigenvalue weighted by Gasteiger charge is -2.22. The normalized spacial score (nSPS) is 13.8. The van der Waals surface area contributed by atoms with Gasteiger partial charge in [-0.3, -0.25) is 0 Å². The first-order chi connectivity index (χ1) is 9.65. The van der Waals surface area contributed by atoms with Gasteiger partial charge in [0.05, 0.1) is 14.2 Å². The molecule has 0 fully saturated rings. The fourth-order valence-electron chi connectivity index (χ4n) is 2.00. The van der Waals surface area contributed by atoms with E-state index in [9.17, 15) is 0 Å². The van der Waals surface area contributed by atoms with E-state index in [0.717, 1.165) is 23.8 Å². The van der Waals surface area contributed by atoms with Gasteiger partial charge in [0.1, 0.15) is 11.5 Å². The van der Waals surface area contributed by atoms with Crippen molar-refractivity contribution < 1.29 is 9.47 Å². The average Bonchev–Trinajstić information content (AvgIpc) is 2.50. The van der Waals surface area contributed by atoms with Gasteiger partial charge in [-0.1, -0.05) is 20.8 Å². The molecule has 1 aromatic rings. The van der Waals surface area contributed by atoms with Crippen LogP contribution in [0, 0.1) is 0 Å². The summed E-state index contributed by atoms with van der Waals surface area (Å²) in [6, 6.07) is 6.27. The summed E-state index contributed by atoms with van der Waals surface area (Å²) >= 11 is 1.99. The molecule has 2 unspecified atom stereocenters. The molecule has 0 aliphatic rings. The number of hydrogen-bond acceptors (Lipinski definition) is 4. The minimum absolute atomic E-state index is 0.282. The monoisotopic (exact) mass is 297 g/mol. The number of nitrogens with one attached hydrogen (secondary N) is 1. The van der Waals surface area contributed by atoms with Crippen LogP contribution >= 0.6 is 11.8 Å². The van der Waals surface area contributed by atoms with Gasteiger partial charge < -0.3 is 14.8 Å². The lowest BCUT2D eigenvalue weighted by atomic mass is 10.1. The zero-order chi connectivity index (χ0) is 15.0. The van der Waals surface area contributed by atoms with E-state index in [0.29, 0.717) is 5.25 Å². The summed E-state index contributed by atoms with van der Waals surface area (Å²) in [5.74, 6) is 2.82. The van der Waals surface area contributed by atoms with Crippen LogP contribution in [-0.2, 0) is 0 Å². The number of rotatable bonds is 9. The molecule has 0 aliphatic heterocycles. The predicted molar refractivity (Wildman–Crippen MR) is 88.2 cm³/mol. The Kier molecular flexibility index (Phi) is 7.85. The van der Waals surface area contributed by atoms with Crippen molar-refractivity contribution in [2.24, 2.45) is 0 Å². The second kappa shape index (κ2) is 9.14. The molecule has 20 heavy (non-hydrogen) atoms. The number of benzene rings is 1. The van der Waals surface area contributed by atoms with Gasteiger partial charge in [-0.05, 0) is 31.2 Å². The van der Waals surface area contributed by atoms with E-state index in [1.54, 1.807) is 14.2 Å². The molecule has 0 spiro atoms. The first kappa shape index (κ1) is 17.2. The second-order valence-electron chi connectivity index (χ2n) is 4.77. The molecule has 0 amide bonds. The van der Waals surface area contributed by atoms with Crippen LogP contribution < -0.4 is 14.8 Å². The fraction of sp³-hybridized carbons (Fsp3) is 0.625. The first-order valence-electron chi connectivity index (χ1n) is 7.23. The summed E-state index contributed by atoms with van der Waals surface area (Å²) in [6.07, 6.45) is 1.19. The van der Waals surface area contributed by atoms with Crippen molar-refractivity contribution >= 4 is 11.8 Å². The highest BCUT2D eigenvalue weighted by molar-refractivity contribution is 7.99. The molecule has 0 bridgehead atoms. The van der Waals surface area contributed by atoms with E-state index >= 15 is 0 Å². The largest absolute Gasteiger partial charge is 0.497 e. The van der Waals surface area contributed by atoms with Crippen molar-refractivity contribution in [2.45, 2.75) is 38.5 Å². The zero-order valence-corrected chi connectivity index (χ0v) is 14.0. The quantitative estimate of drug-likeness (QED) is 0.749. The average molecular weight is 297 g/mol. The van der Waals surface area contributed by atoms with Crippen molar-refractivity contribution in [1.82, 2.24) is 5.32 Å². The van der Waals surface area contributed by atoms with Crippen LogP contribution in [0.25, 0.3) is 0 Å². The third-order valence-electron chi connectivity index (χ3n) is 3.39. The molecule has 0 aliphatic carbocycles. The molecule has 1 aromatic carbocycles. The van der Waals surface area contributed by atoms with Gasteiger partial charge in [0.15, 0.2) is 0 Å². The molecule has 1 N–H and O–H groups in total. The first-order valence-corrected chi connectivity index (χ1v) is 8.27. The Balaban J connectivity index is 2.93. The highest BCUT2D eigenvalue weighted by atomic mass is 32.2. The van der Waals surface area contributed by atoms with E-state index < -0.39 is 0 Å². The van der Waals surface area contributed by atoms with Gasteiger partial charge in [-0.25, -0.2) is 0 Å². The summed E-state index contributed by atoms with van der Waals surface area (Å²) in [5, 5.41) is 4.22.